The number of hydrogen-bond donors (Lipinski definition) is 0. The summed E-state index contributed by atoms with van der Waals surface area (Å²) >= 11 is 0. The summed E-state index contributed by atoms with van der Waals surface area (Å²) in [5, 5.41) is 0. The number of hydrogen-bond acceptors (Lipinski definition) is 4. The number of ether oxygens (including phenoxy) is 1. The molecule has 2 fully saturated rings. The maximum absolute atomic E-state index is 5.59. The van der Waals surface area contributed by atoms with E-state index in [1.165, 1.54) is 25.2 Å². The third kappa shape index (κ3) is 2.34. The van der Waals surface area contributed by atoms with E-state index in [-0.39, 0.29) is 0 Å². The topological polar surface area (TPSA) is 43.2 Å². The van der Waals surface area contributed by atoms with E-state index in [1.54, 1.807) is 0 Å². The molecule has 2 aliphatic heterocycles. The van der Waals surface area contributed by atoms with Crippen LogP contribution in [0.25, 0.3) is 11.2 Å². The van der Waals surface area contributed by atoms with Crippen molar-refractivity contribution in [1.82, 2.24) is 19.4 Å². The number of aromatic nitrogens is 3. The molecule has 0 N–H and O–H groups in total. The zero-order valence-electron chi connectivity index (χ0n) is 12.5. The van der Waals surface area contributed by atoms with Crippen LogP contribution in [-0.2, 0) is 4.74 Å². The van der Waals surface area contributed by atoms with Crippen molar-refractivity contribution in [2.75, 3.05) is 33.4 Å². The molecule has 4 rings (SSSR count). The Morgan fingerprint density at radius 3 is 3.10 bits per heavy atom. The second-order valence-electron chi connectivity index (χ2n) is 6.30. The number of rotatable bonds is 2. The van der Waals surface area contributed by atoms with Crippen molar-refractivity contribution in [1.29, 1.82) is 0 Å². The minimum atomic E-state index is 0.423. The first-order valence-corrected chi connectivity index (χ1v) is 7.92. The van der Waals surface area contributed by atoms with Crippen LogP contribution in [0.2, 0.25) is 0 Å². The van der Waals surface area contributed by atoms with Crippen LogP contribution in [0.1, 0.15) is 37.0 Å². The zero-order chi connectivity index (χ0) is 14.2. The number of nitrogens with zero attached hydrogens (tertiary/aromatic N) is 4. The van der Waals surface area contributed by atoms with Crippen molar-refractivity contribution in [2.45, 2.75) is 31.2 Å². The largest absolute Gasteiger partial charge is 0.381 e. The number of fused-ring (bicyclic) bond motifs is 1. The molecule has 112 valence electrons. The summed E-state index contributed by atoms with van der Waals surface area (Å²) < 4.78 is 7.99. The van der Waals surface area contributed by atoms with Crippen LogP contribution in [-0.4, -0.2) is 52.8 Å². The van der Waals surface area contributed by atoms with Crippen molar-refractivity contribution < 1.29 is 4.74 Å². The normalized spacial score (nSPS) is 27.5. The van der Waals surface area contributed by atoms with Crippen LogP contribution in [0.5, 0.6) is 0 Å². The second kappa shape index (κ2) is 5.39. The molecule has 0 spiro atoms. The third-order valence-electron chi connectivity index (χ3n) is 4.74. The lowest BCUT2D eigenvalue weighted by atomic mass is 10.0. The number of piperidine rings is 1. The number of imidazole rings is 1. The van der Waals surface area contributed by atoms with Gasteiger partial charge in [-0.05, 0) is 45.0 Å². The molecule has 2 aromatic rings. The standard InChI is InChI=1S/C16H22N4O/c1-19-8-3-4-13(10-19)20-15(12-6-9-21-11-12)18-14-5-2-7-17-16(14)20/h2,5,7,12-13H,3-4,6,8-11H2,1H3. The lowest BCUT2D eigenvalue weighted by Crippen LogP contribution is -2.34. The summed E-state index contributed by atoms with van der Waals surface area (Å²) in [5.41, 5.74) is 2.06. The molecule has 2 aromatic heterocycles. The molecule has 0 bridgehead atoms. The van der Waals surface area contributed by atoms with Crippen molar-refractivity contribution in [3.8, 4) is 0 Å². The van der Waals surface area contributed by atoms with Gasteiger partial charge in [-0.2, -0.15) is 0 Å². The number of pyridine rings is 1. The third-order valence-corrected chi connectivity index (χ3v) is 4.74. The predicted octanol–water partition coefficient (Wildman–Crippen LogP) is 2.20. The second-order valence-corrected chi connectivity index (χ2v) is 6.30. The van der Waals surface area contributed by atoms with Gasteiger partial charge in [0, 0.05) is 31.3 Å². The predicted molar refractivity (Wildman–Crippen MR) is 81.5 cm³/mol. The molecule has 4 heterocycles. The van der Waals surface area contributed by atoms with Gasteiger partial charge in [0.05, 0.1) is 6.61 Å². The molecule has 21 heavy (non-hydrogen) atoms. The maximum Gasteiger partial charge on any atom is 0.160 e. The van der Waals surface area contributed by atoms with Gasteiger partial charge in [0.15, 0.2) is 5.65 Å². The molecule has 0 saturated carbocycles. The summed E-state index contributed by atoms with van der Waals surface area (Å²) in [6.07, 6.45) is 5.41. The molecule has 0 aromatic carbocycles. The van der Waals surface area contributed by atoms with E-state index in [0.717, 1.165) is 37.3 Å². The molecular formula is C16H22N4O. The van der Waals surface area contributed by atoms with Gasteiger partial charge in [-0.15, -0.1) is 0 Å². The van der Waals surface area contributed by atoms with Crippen LogP contribution >= 0.6 is 0 Å². The molecule has 2 atom stereocenters. The van der Waals surface area contributed by atoms with E-state index in [9.17, 15) is 0 Å². The lowest BCUT2D eigenvalue weighted by molar-refractivity contribution is 0.189. The van der Waals surface area contributed by atoms with E-state index >= 15 is 0 Å². The van der Waals surface area contributed by atoms with Gasteiger partial charge in [-0.1, -0.05) is 0 Å². The first-order valence-electron chi connectivity index (χ1n) is 7.92. The average Bonchev–Trinajstić information content (AvgIpc) is 3.14. The maximum atomic E-state index is 5.59. The van der Waals surface area contributed by atoms with Crippen molar-refractivity contribution in [2.24, 2.45) is 0 Å². The SMILES string of the molecule is CN1CCCC(n2c(C3CCOC3)nc3cccnc32)C1. The summed E-state index contributed by atoms with van der Waals surface area (Å²) in [7, 11) is 2.21. The first kappa shape index (κ1) is 13.2. The van der Waals surface area contributed by atoms with E-state index in [1.807, 2.05) is 12.3 Å². The Hall–Kier alpha value is -1.46. The molecule has 2 unspecified atom stereocenters. The quantitative estimate of drug-likeness (QED) is 0.849. The van der Waals surface area contributed by atoms with Gasteiger partial charge >= 0.3 is 0 Å². The number of likely N-dealkylation sites (N-methyl/N-ethyl adjacent to an activating group) is 1. The molecule has 5 heteroatoms. The fourth-order valence-electron chi connectivity index (χ4n) is 3.68. The smallest absolute Gasteiger partial charge is 0.160 e. The average molecular weight is 286 g/mol. The minimum absolute atomic E-state index is 0.423. The van der Waals surface area contributed by atoms with Gasteiger partial charge in [-0.3, -0.25) is 0 Å². The molecule has 2 saturated heterocycles. The van der Waals surface area contributed by atoms with E-state index in [4.69, 9.17) is 9.72 Å². The molecule has 0 amide bonds. The van der Waals surface area contributed by atoms with Gasteiger partial charge < -0.3 is 14.2 Å². The summed E-state index contributed by atoms with van der Waals surface area (Å²) in [4.78, 5) is 11.9. The Morgan fingerprint density at radius 2 is 2.29 bits per heavy atom. The van der Waals surface area contributed by atoms with Crippen LogP contribution in [0.3, 0.4) is 0 Å². The number of likely N-dealkylation sites (tertiary alicyclic amines) is 1. The summed E-state index contributed by atoms with van der Waals surface area (Å²) in [5.74, 6) is 1.60. The van der Waals surface area contributed by atoms with Crippen molar-refractivity contribution in [3.63, 3.8) is 0 Å². The van der Waals surface area contributed by atoms with Crippen LogP contribution < -0.4 is 0 Å². The van der Waals surface area contributed by atoms with Gasteiger partial charge in [-0.25, -0.2) is 9.97 Å². The molecule has 0 aliphatic carbocycles. The van der Waals surface area contributed by atoms with Crippen LogP contribution in [0.4, 0.5) is 0 Å². The first-order chi connectivity index (χ1) is 10.3. The highest BCUT2D eigenvalue weighted by atomic mass is 16.5. The Bertz CT molecular complexity index is 632. The monoisotopic (exact) mass is 286 g/mol. The Labute approximate surface area is 124 Å². The van der Waals surface area contributed by atoms with Crippen LogP contribution in [0, 0.1) is 0 Å². The van der Waals surface area contributed by atoms with E-state index in [2.05, 4.69) is 27.6 Å². The highest BCUT2D eigenvalue weighted by Gasteiger charge is 2.29. The van der Waals surface area contributed by atoms with Crippen molar-refractivity contribution in [3.05, 3.63) is 24.2 Å². The van der Waals surface area contributed by atoms with E-state index < -0.39 is 0 Å². The van der Waals surface area contributed by atoms with Crippen molar-refractivity contribution >= 4 is 11.2 Å². The molecule has 0 radical (unpaired) electrons. The highest BCUT2D eigenvalue weighted by molar-refractivity contribution is 5.71. The minimum Gasteiger partial charge on any atom is -0.381 e. The highest BCUT2D eigenvalue weighted by Crippen LogP contribution is 2.32. The van der Waals surface area contributed by atoms with Gasteiger partial charge in [0.25, 0.3) is 0 Å². The van der Waals surface area contributed by atoms with Crippen LogP contribution in [0.15, 0.2) is 18.3 Å². The van der Waals surface area contributed by atoms with Gasteiger partial charge in [0.2, 0.25) is 0 Å². The molecular weight excluding hydrogens is 264 g/mol. The molecule has 5 nitrogen and oxygen atoms in total. The Kier molecular flexibility index (Phi) is 3.39. The fourth-order valence-corrected chi connectivity index (χ4v) is 3.68. The van der Waals surface area contributed by atoms with E-state index in [0.29, 0.717) is 12.0 Å². The zero-order valence-corrected chi connectivity index (χ0v) is 12.5. The summed E-state index contributed by atoms with van der Waals surface area (Å²) in [6.45, 7) is 3.93. The Morgan fingerprint density at radius 1 is 1.33 bits per heavy atom. The lowest BCUT2D eigenvalue weighted by Gasteiger charge is -2.32. The molecule has 2 aliphatic rings. The Balaban J connectivity index is 1.81. The summed E-state index contributed by atoms with van der Waals surface area (Å²) in [6, 6.07) is 4.53. The fraction of sp³-hybridized carbons (Fsp3) is 0.625. The van der Waals surface area contributed by atoms with Gasteiger partial charge in [0.1, 0.15) is 11.3 Å².